The molecule has 0 aliphatic rings. The van der Waals surface area contributed by atoms with Gasteiger partial charge in [0.25, 0.3) is 10.0 Å². The highest BCUT2D eigenvalue weighted by molar-refractivity contribution is 7.92. The van der Waals surface area contributed by atoms with Crippen molar-refractivity contribution in [3.8, 4) is 0 Å². The summed E-state index contributed by atoms with van der Waals surface area (Å²) in [4.78, 5) is 28.1. The normalized spacial score (nSPS) is 12.0. The van der Waals surface area contributed by atoms with Crippen LogP contribution in [-0.4, -0.2) is 44.8 Å². The van der Waals surface area contributed by atoms with Crippen molar-refractivity contribution in [2.75, 3.05) is 17.9 Å². The number of anilines is 1. The van der Waals surface area contributed by atoms with Crippen molar-refractivity contribution in [1.29, 1.82) is 0 Å². The fraction of sp³-hybridized carbons (Fsp3) is 0.286. The van der Waals surface area contributed by atoms with Gasteiger partial charge in [-0.15, -0.1) is 0 Å². The molecule has 1 unspecified atom stereocenters. The Hall–Kier alpha value is -3.36. The van der Waals surface area contributed by atoms with Gasteiger partial charge in [-0.05, 0) is 67.8 Å². The first-order chi connectivity index (χ1) is 17.6. The van der Waals surface area contributed by atoms with Crippen LogP contribution >= 0.6 is 11.6 Å². The van der Waals surface area contributed by atoms with Crippen LogP contribution in [0.2, 0.25) is 5.02 Å². The summed E-state index contributed by atoms with van der Waals surface area (Å²) in [5.41, 5.74) is 3.14. The van der Waals surface area contributed by atoms with Gasteiger partial charge in [0.05, 0.1) is 10.6 Å². The van der Waals surface area contributed by atoms with Crippen LogP contribution < -0.4 is 9.62 Å². The third-order valence-electron chi connectivity index (χ3n) is 6.24. The second-order valence-corrected chi connectivity index (χ2v) is 11.1. The Bertz CT molecular complexity index is 1340. The SMILES string of the molecule is CCC(C(=O)NC)N(Cc1ccccc1C)C(=O)CN(c1ccc(C)cc1)S(=O)(=O)c1ccc(Cl)cc1. The molecule has 3 aromatic carbocycles. The van der Waals surface area contributed by atoms with E-state index >= 15 is 0 Å². The Morgan fingerprint density at radius 3 is 2.14 bits per heavy atom. The third-order valence-corrected chi connectivity index (χ3v) is 8.28. The van der Waals surface area contributed by atoms with Gasteiger partial charge in [-0.25, -0.2) is 8.42 Å². The summed E-state index contributed by atoms with van der Waals surface area (Å²) >= 11 is 5.98. The van der Waals surface area contributed by atoms with Crippen molar-refractivity contribution in [1.82, 2.24) is 10.2 Å². The van der Waals surface area contributed by atoms with Crippen LogP contribution in [0, 0.1) is 13.8 Å². The van der Waals surface area contributed by atoms with Gasteiger partial charge in [-0.3, -0.25) is 13.9 Å². The van der Waals surface area contributed by atoms with E-state index < -0.39 is 28.5 Å². The van der Waals surface area contributed by atoms with Crippen LogP contribution in [0.3, 0.4) is 0 Å². The minimum Gasteiger partial charge on any atom is -0.357 e. The van der Waals surface area contributed by atoms with E-state index in [0.717, 1.165) is 21.0 Å². The van der Waals surface area contributed by atoms with Gasteiger partial charge in [0.2, 0.25) is 11.8 Å². The average molecular weight is 542 g/mol. The van der Waals surface area contributed by atoms with Gasteiger partial charge >= 0.3 is 0 Å². The van der Waals surface area contributed by atoms with Crippen molar-refractivity contribution in [2.24, 2.45) is 0 Å². The number of halogens is 1. The average Bonchev–Trinajstić information content (AvgIpc) is 2.88. The van der Waals surface area contributed by atoms with Crippen LogP contribution in [0.25, 0.3) is 0 Å². The van der Waals surface area contributed by atoms with Gasteiger partial charge < -0.3 is 10.2 Å². The molecule has 3 rings (SSSR count). The summed E-state index contributed by atoms with van der Waals surface area (Å²) in [6.07, 6.45) is 0.367. The van der Waals surface area contributed by atoms with Crippen LogP contribution in [0.15, 0.2) is 77.7 Å². The highest BCUT2D eigenvalue weighted by atomic mass is 35.5. The second kappa shape index (κ2) is 12.3. The lowest BCUT2D eigenvalue weighted by atomic mass is 10.1. The Labute approximate surface area is 224 Å². The van der Waals surface area contributed by atoms with Crippen LogP contribution in [0.1, 0.15) is 30.0 Å². The van der Waals surface area contributed by atoms with Crippen LogP contribution in [0.4, 0.5) is 5.69 Å². The molecule has 7 nitrogen and oxygen atoms in total. The lowest BCUT2D eigenvalue weighted by molar-refractivity contribution is -0.140. The molecule has 0 aromatic heterocycles. The molecule has 37 heavy (non-hydrogen) atoms. The quantitative estimate of drug-likeness (QED) is 0.403. The molecular formula is C28H32ClN3O4S. The van der Waals surface area contributed by atoms with E-state index in [1.54, 1.807) is 24.3 Å². The van der Waals surface area contributed by atoms with Crippen molar-refractivity contribution in [2.45, 2.75) is 44.7 Å². The van der Waals surface area contributed by atoms with E-state index in [1.165, 1.54) is 36.2 Å². The van der Waals surface area contributed by atoms with Gasteiger partial charge in [-0.2, -0.15) is 0 Å². The molecule has 0 radical (unpaired) electrons. The smallest absolute Gasteiger partial charge is 0.264 e. The molecule has 0 aliphatic heterocycles. The summed E-state index contributed by atoms with van der Waals surface area (Å²) in [5, 5.41) is 3.03. The number of nitrogens with zero attached hydrogens (tertiary/aromatic N) is 2. The molecule has 0 bridgehead atoms. The highest BCUT2D eigenvalue weighted by Crippen LogP contribution is 2.26. The maximum absolute atomic E-state index is 13.9. The molecule has 0 aliphatic carbocycles. The molecule has 0 saturated heterocycles. The monoisotopic (exact) mass is 541 g/mol. The predicted molar refractivity (Wildman–Crippen MR) is 147 cm³/mol. The number of benzene rings is 3. The zero-order valence-electron chi connectivity index (χ0n) is 21.4. The van der Waals surface area contributed by atoms with Gasteiger partial charge in [0, 0.05) is 18.6 Å². The van der Waals surface area contributed by atoms with E-state index in [-0.39, 0.29) is 17.3 Å². The second-order valence-electron chi connectivity index (χ2n) is 8.79. The third kappa shape index (κ3) is 6.70. The molecule has 1 N–H and O–H groups in total. The minimum atomic E-state index is -4.12. The summed E-state index contributed by atoms with van der Waals surface area (Å²) < 4.78 is 28.6. The van der Waals surface area contributed by atoms with Gasteiger partial charge in [-0.1, -0.05) is 60.5 Å². The van der Waals surface area contributed by atoms with Crippen molar-refractivity contribution < 1.29 is 18.0 Å². The molecular weight excluding hydrogens is 510 g/mol. The predicted octanol–water partition coefficient (Wildman–Crippen LogP) is 4.71. The number of carbonyl (C=O) groups excluding carboxylic acids is 2. The largest absolute Gasteiger partial charge is 0.357 e. The van der Waals surface area contributed by atoms with Crippen molar-refractivity contribution in [3.63, 3.8) is 0 Å². The lowest BCUT2D eigenvalue weighted by Gasteiger charge is -2.33. The van der Waals surface area contributed by atoms with E-state index in [1.807, 2.05) is 45.0 Å². The number of nitrogens with one attached hydrogen (secondary N) is 1. The van der Waals surface area contributed by atoms with Crippen LogP contribution in [-0.2, 0) is 26.2 Å². The fourth-order valence-corrected chi connectivity index (χ4v) is 5.57. The number of sulfonamides is 1. The molecule has 1 atom stereocenters. The van der Waals surface area contributed by atoms with E-state index in [4.69, 9.17) is 11.6 Å². The maximum Gasteiger partial charge on any atom is 0.264 e. The number of carbonyl (C=O) groups is 2. The zero-order chi connectivity index (χ0) is 27.2. The maximum atomic E-state index is 13.9. The zero-order valence-corrected chi connectivity index (χ0v) is 23.0. The lowest BCUT2D eigenvalue weighted by Crippen LogP contribution is -2.51. The number of hydrogen-bond acceptors (Lipinski definition) is 4. The Morgan fingerprint density at radius 2 is 1.57 bits per heavy atom. The first-order valence-corrected chi connectivity index (χ1v) is 13.8. The summed E-state index contributed by atoms with van der Waals surface area (Å²) in [5.74, 6) is -0.802. The molecule has 9 heteroatoms. The number of rotatable bonds is 10. The fourth-order valence-electron chi connectivity index (χ4n) is 4.03. The Balaban J connectivity index is 2.06. The molecule has 196 valence electrons. The Morgan fingerprint density at radius 1 is 0.946 bits per heavy atom. The number of likely N-dealkylation sites (N-methyl/N-ethyl adjacent to an activating group) is 1. The first-order valence-electron chi connectivity index (χ1n) is 12.0. The Kier molecular flexibility index (Phi) is 9.34. The first kappa shape index (κ1) is 28.2. The number of hydrogen-bond donors (Lipinski definition) is 1. The molecule has 0 heterocycles. The van der Waals surface area contributed by atoms with Crippen molar-refractivity contribution >= 4 is 39.1 Å². The highest BCUT2D eigenvalue weighted by Gasteiger charge is 2.33. The topological polar surface area (TPSA) is 86.8 Å². The summed E-state index contributed by atoms with van der Waals surface area (Å²) in [6.45, 7) is 5.34. The van der Waals surface area contributed by atoms with Gasteiger partial charge in [0.1, 0.15) is 12.6 Å². The summed E-state index contributed by atoms with van der Waals surface area (Å²) in [7, 11) is -2.61. The minimum absolute atomic E-state index is 0.00840. The van der Waals surface area contributed by atoms with E-state index in [2.05, 4.69) is 5.32 Å². The molecule has 3 aromatic rings. The van der Waals surface area contributed by atoms with Gasteiger partial charge in [0.15, 0.2) is 0 Å². The van der Waals surface area contributed by atoms with E-state index in [0.29, 0.717) is 17.1 Å². The summed E-state index contributed by atoms with van der Waals surface area (Å²) in [6, 6.07) is 19.5. The van der Waals surface area contributed by atoms with Crippen LogP contribution in [0.5, 0.6) is 0 Å². The van der Waals surface area contributed by atoms with E-state index in [9.17, 15) is 18.0 Å². The molecule has 2 amide bonds. The molecule has 0 spiro atoms. The number of aryl methyl sites for hydroxylation is 2. The van der Waals surface area contributed by atoms with Crippen molar-refractivity contribution in [3.05, 3.63) is 94.5 Å². The standard InChI is InChI=1S/C28H32ClN3O4S/c1-5-26(28(34)30-4)31(18-22-9-7-6-8-21(22)3)27(33)19-32(24-14-10-20(2)11-15-24)37(35,36)25-16-12-23(29)13-17-25/h6-17,26H,5,18-19H2,1-4H3,(H,30,34). The molecule has 0 saturated carbocycles. The molecule has 0 fully saturated rings. The number of amides is 2.